The number of hydrogen-bond donors (Lipinski definition) is 0. The molecule has 0 N–H and O–H groups in total. The zero-order valence-electron chi connectivity index (χ0n) is 8.24. The lowest BCUT2D eigenvalue weighted by molar-refractivity contribution is -0.114. The Bertz CT molecular complexity index is 430. The molecule has 0 radical (unpaired) electrons. The molecule has 15 heavy (non-hydrogen) atoms. The van der Waals surface area contributed by atoms with Crippen molar-refractivity contribution in [3.8, 4) is 0 Å². The van der Waals surface area contributed by atoms with Crippen molar-refractivity contribution in [3.63, 3.8) is 0 Å². The number of carbonyl (C=O) groups is 2. The van der Waals surface area contributed by atoms with Gasteiger partial charge in [-0.3, -0.25) is 14.5 Å². The molecule has 1 atom stereocenters. The van der Waals surface area contributed by atoms with E-state index in [4.69, 9.17) is 0 Å². The van der Waals surface area contributed by atoms with Crippen LogP contribution in [0.5, 0.6) is 0 Å². The average Bonchev–Trinajstić information content (AvgIpc) is 2.52. The molecule has 0 spiro atoms. The van der Waals surface area contributed by atoms with E-state index in [-0.39, 0.29) is 4.95 Å². The Morgan fingerprint density at radius 2 is 2.00 bits per heavy atom. The lowest BCUT2D eigenvalue weighted by atomic mass is 10.1. The molecule has 1 unspecified atom stereocenters. The molecule has 0 aliphatic carbocycles. The molecule has 0 aromatic heterocycles. The molecule has 78 valence electrons. The average molecular weight is 268 g/mol. The van der Waals surface area contributed by atoms with Crippen molar-refractivity contribution in [1.29, 1.82) is 0 Å². The van der Waals surface area contributed by atoms with Gasteiger partial charge in [-0.05, 0) is 18.6 Å². The van der Waals surface area contributed by atoms with Crippen LogP contribution in [0.3, 0.4) is 0 Å². The van der Waals surface area contributed by atoms with Gasteiger partial charge in [-0.1, -0.05) is 35.0 Å². The Labute approximate surface area is 96.2 Å². The summed E-state index contributed by atoms with van der Waals surface area (Å²) < 4.78 is 0. The predicted molar refractivity (Wildman–Crippen MR) is 61.3 cm³/mol. The van der Waals surface area contributed by atoms with E-state index in [0.29, 0.717) is 11.3 Å². The summed E-state index contributed by atoms with van der Waals surface area (Å²) in [6.07, 6.45) is 0.757. The maximum Gasteiger partial charge on any atom is 0.300 e. The Kier molecular flexibility index (Phi) is 2.61. The fraction of sp³-hybridized carbons (Fsp3) is 0.273. The fourth-order valence-electron chi connectivity index (χ4n) is 1.67. The molecule has 1 aromatic carbocycles. The van der Waals surface area contributed by atoms with Gasteiger partial charge in [0, 0.05) is 0 Å². The molecule has 0 fully saturated rings. The molecule has 2 rings (SSSR count). The number of fused-ring (bicyclic) bond motifs is 1. The smallest absolute Gasteiger partial charge is 0.292 e. The second kappa shape index (κ2) is 3.77. The third kappa shape index (κ3) is 1.49. The number of hydrogen-bond acceptors (Lipinski definition) is 2. The van der Waals surface area contributed by atoms with Crippen LogP contribution in [0.1, 0.15) is 23.7 Å². The highest BCUT2D eigenvalue weighted by Gasteiger charge is 2.37. The number of amides is 1. The summed E-state index contributed by atoms with van der Waals surface area (Å²) in [5.41, 5.74) is 1.21. The number of rotatable bonds is 2. The minimum absolute atomic E-state index is 0.113. The van der Waals surface area contributed by atoms with Crippen LogP contribution in [0.2, 0.25) is 0 Å². The van der Waals surface area contributed by atoms with Gasteiger partial charge in [0.15, 0.2) is 0 Å². The first-order chi connectivity index (χ1) is 7.16. The maximum atomic E-state index is 11.7. The van der Waals surface area contributed by atoms with Crippen LogP contribution in [0, 0.1) is 0 Å². The van der Waals surface area contributed by atoms with E-state index in [1.165, 1.54) is 4.90 Å². The molecule has 3 nitrogen and oxygen atoms in total. The second-order valence-electron chi connectivity index (χ2n) is 3.36. The van der Waals surface area contributed by atoms with E-state index >= 15 is 0 Å². The summed E-state index contributed by atoms with van der Waals surface area (Å²) in [5, 5.41) is 0. The molecular weight excluding hydrogens is 258 g/mol. The van der Waals surface area contributed by atoms with E-state index in [9.17, 15) is 9.59 Å². The highest BCUT2D eigenvalue weighted by molar-refractivity contribution is 9.09. The minimum Gasteiger partial charge on any atom is -0.292 e. The highest BCUT2D eigenvalue weighted by Crippen LogP contribution is 2.32. The van der Waals surface area contributed by atoms with Crippen LogP contribution in [0.25, 0.3) is 0 Å². The molecule has 1 heterocycles. The topological polar surface area (TPSA) is 37.4 Å². The lowest BCUT2D eigenvalue weighted by Gasteiger charge is -2.21. The normalized spacial score (nSPS) is 16.8. The summed E-state index contributed by atoms with van der Waals surface area (Å²) >= 11 is 3.39. The number of alkyl halides is 1. The van der Waals surface area contributed by atoms with Crippen LogP contribution < -0.4 is 4.90 Å². The maximum absolute atomic E-state index is 11.7. The number of anilines is 1. The molecule has 0 saturated heterocycles. The van der Waals surface area contributed by atoms with Crippen LogP contribution in [-0.2, 0) is 4.79 Å². The van der Waals surface area contributed by atoms with Crippen molar-refractivity contribution in [3.05, 3.63) is 29.8 Å². The molecule has 1 aliphatic heterocycles. The van der Waals surface area contributed by atoms with Gasteiger partial charge in [0.1, 0.15) is 0 Å². The zero-order valence-corrected chi connectivity index (χ0v) is 9.82. The van der Waals surface area contributed by atoms with E-state index in [1.807, 2.05) is 13.0 Å². The summed E-state index contributed by atoms with van der Waals surface area (Å²) in [4.78, 5) is 24.7. The van der Waals surface area contributed by atoms with E-state index in [0.717, 1.165) is 6.42 Å². The van der Waals surface area contributed by atoms with Crippen LogP contribution in [0.4, 0.5) is 5.69 Å². The number of carbonyl (C=O) groups excluding carboxylic acids is 2. The molecule has 0 saturated carbocycles. The standard InChI is InChI=1S/C11H10BrNO2/c1-2-9(12)13-8-6-4-3-5-7(8)10(14)11(13)15/h3-6,9H,2H2,1H3. The molecule has 0 bridgehead atoms. The van der Waals surface area contributed by atoms with Gasteiger partial charge in [0.05, 0.1) is 16.2 Å². The van der Waals surface area contributed by atoms with Crippen molar-refractivity contribution in [1.82, 2.24) is 0 Å². The zero-order chi connectivity index (χ0) is 11.0. The van der Waals surface area contributed by atoms with Gasteiger partial charge in [0.25, 0.3) is 11.7 Å². The van der Waals surface area contributed by atoms with E-state index in [2.05, 4.69) is 15.9 Å². The van der Waals surface area contributed by atoms with Crippen molar-refractivity contribution in [2.45, 2.75) is 18.3 Å². The molecule has 1 aliphatic rings. The first-order valence-electron chi connectivity index (χ1n) is 4.77. The minimum atomic E-state index is -0.445. The van der Waals surface area contributed by atoms with Gasteiger partial charge in [-0.2, -0.15) is 0 Å². The number of benzene rings is 1. The SMILES string of the molecule is CCC(Br)N1C(=O)C(=O)c2ccccc21. The van der Waals surface area contributed by atoms with Gasteiger partial charge < -0.3 is 0 Å². The lowest BCUT2D eigenvalue weighted by Crippen LogP contribution is -2.35. The third-order valence-electron chi connectivity index (χ3n) is 2.44. The molecular formula is C11H10BrNO2. The Morgan fingerprint density at radius 1 is 1.33 bits per heavy atom. The first kappa shape index (κ1) is 10.4. The Morgan fingerprint density at radius 3 is 2.67 bits per heavy atom. The van der Waals surface area contributed by atoms with Gasteiger partial charge in [-0.15, -0.1) is 0 Å². The summed E-state index contributed by atoms with van der Waals surface area (Å²) in [5.74, 6) is -0.858. The second-order valence-corrected chi connectivity index (χ2v) is 4.42. The van der Waals surface area contributed by atoms with Crippen LogP contribution in [0.15, 0.2) is 24.3 Å². The number of Topliss-reactive ketones (excluding diaryl/α,β-unsaturated/α-hetero) is 1. The van der Waals surface area contributed by atoms with Gasteiger partial charge in [-0.25, -0.2) is 0 Å². The number of para-hydroxylation sites is 1. The third-order valence-corrected chi connectivity index (χ3v) is 3.50. The number of nitrogens with zero attached hydrogens (tertiary/aromatic N) is 1. The van der Waals surface area contributed by atoms with Gasteiger partial charge in [0.2, 0.25) is 0 Å². The summed E-state index contributed by atoms with van der Waals surface area (Å²) in [6, 6.07) is 7.07. The van der Waals surface area contributed by atoms with Gasteiger partial charge >= 0.3 is 0 Å². The molecule has 4 heteroatoms. The Hall–Kier alpha value is -1.16. The number of ketones is 1. The molecule has 1 aromatic rings. The monoisotopic (exact) mass is 267 g/mol. The number of halogens is 1. The van der Waals surface area contributed by atoms with Crippen molar-refractivity contribution in [2.24, 2.45) is 0 Å². The summed E-state index contributed by atoms with van der Waals surface area (Å²) in [6.45, 7) is 1.96. The molecule has 1 amide bonds. The highest BCUT2D eigenvalue weighted by atomic mass is 79.9. The quantitative estimate of drug-likeness (QED) is 0.469. The van der Waals surface area contributed by atoms with E-state index < -0.39 is 11.7 Å². The Balaban J connectivity index is 2.51. The van der Waals surface area contributed by atoms with Crippen molar-refractivity contribution >= 4 is 33.3 Å². The van der Waals surface area contributed by atoms with E-state index in [1.54, 1.807) is 18.2 Å². The van der Waals surface area contributed by atoms with Crippen molar-refractivity contribution in [2.75, 3.05) is 4.90 Å². The van der Waals surface area contributed by atoms with Crippen LogP contribution >= 0.6 is 15.9 Å². The predicted octanol–water partition coefficient (Wildman–Crippen LogP) is 2.35. The fourth-order valence-corrected chi connectivity index (χ4v) is 2.08. The first-order valence-corrected chi connectivity index (χ1v) is 5.69. The largest absolute Gasteiger partial charge is 0.300 e. The van der Waals surface area contributed by atoms with Crippen LogP contribution in [-0.4, -0.2) is 16.6 Å². The van der Waals surface area contributed by atoms with Crippen molar-refractivity contribution < 1.29 is 9.59 Å². The summed E-state index contributed by atoms with van der Waals surface area (Å²) in [7, 11) is 0.